The first-order valence-corrected chi connectivity index (χ1v) is 6.38. The highest BCUT2D eigenvalue weighted by Gasteiger charge is 2.25. The molecule has 1 aliphatic heterocycles. The van der Waals surface area contributed by atoms with Crippen LogP contribution in [0.2, 0.25) is 0 Å². The summed E-state index contributed by atoms with van der Waals surface area (Å²) in [7, 11) is 0. The van der Waals surface area contributed by atoms with Crippen molar-refractivity contribution in [1.82, 2.24) is 15.1 Å². The molecule has 7 nitrogen and oxygen atoms in total. The van der Waals surface area contributed by atoms with Crippen molar-refractivity contribution in [3.63, 3.8) is 0 Å². The van der Waals surface area contributed by atoms with Crippen LogP contribution in [0.5, 0.6) is 0 Å². The van der Waals surface area contributed by atoms with Crippen LogP contribution in [0.3, 0.4) is 0 Å². The third kappa shape index (κ3) is 2.93. The van der Waals surface area contributed by atoms with E-state index in [0.717, 1.165) is 24.2 Å². The second-order valence-corrected chi connectivity index (χ2v) is 4.36. The predicted octanol–water partition coefficient (Wildman–Crippen LogP) is -0.419. The average molecular weight is 266 g/mol. The lowest BCUT2D eigenvalue weighted by molar-refractivity contribution is -0.118. The smallest absolute Gasteiger partial charge is 0.359 e. The Balaban J connectivity index is 2.28. The molecule has 0 radical (unpaired) electrons. The topological polar surface area (TPSA) is 99.2 Å². The van der Waals surface area contributed by atoms with E-state index >= 15 is 0 Å². The molecule has 1 aromatic heterocycles. The summed E-state index contributed by atoms with van der Waals surface area (Å²) >= 11 is 0. The van der Waals surface area contributed by atoms with E-state index in [0.29, 0.717) is 25.4 Å². The molecule has 2 rings (SSSR count). The van der Waals surface area contributed by atoms with Crippen molar-refractivity contribution in [2.75, 3.05) is 13.2 Å². The van der Waals surface area contributed by atoms with E-state index in [9.17, 15) is 9.59 Å². The van der Waals surface area contributed by atoms with Gasteiger partial charge in [0.1, 0.15) is 0 Å². The van der Waals surface area contributed by atoms with Crippen LogP contribution in [0.25, 0.3) is 0 Å². The number of esters is 1. The third-order valence-corrected chi connectivity index (χ3v) is 3.05. The average Bonchev–Trinajstić information content (AvgIpc) is 2.76. The van der Waals surface area contributed by atoms with Gasteiger partial charge in [-0.25, -0.2) is 4.79 Å². The second kappa shape index (κ2) is 5.83. The van der Waals surface area contributed by atoms with Gasteiger partial charge >= 0.3 is 5.97 Å². The fourth-order valence-electron chi connectivity index (χ4n) is 2.18. The van der Waals surface area contributed by atoms with Gasteiger partial charge in [-0.1, -0.05) is 0 Å². The Hall–Kier alpha value is -1.89. The fraction of sp³-hybridized carbons (Fsp3) is 0.583. The molecule has 104 valence electrons. The van der Waals surface area contributed by atoms with Crippen LogP contribution < -0.4 is 11.1 Å². The molecule has 0 unspecified atom stereocenters. The Morgan fingerprint density at radius 2 is 2.32 bits per heavy atom. The van der Waals surface area contributed by atoms with E-state index < -0.39 is 5.97 Å². The molecule has 0 atom stereocenters. The highest BCUT2D eigenvalue weighted by molar-refractivity contribution is 5.89. The zero-order valence-corrected chi connectivity index (χ0v) is 10.9. The van der Waals surface area contributed by atoms with Gasteiger partial charge in [0, 0.05) is 43.7 Å². The van der Waals surface area contributed by atoms with Crippen LogP contribution in [0.4, 0.5) is 0 Å². The molecule has 0 aliphatic carbocycles. The van der Waals surface area contributed by atoms with Gasteiger partial charge in [0.25, 0.3) is 0 Å². The fourth-order valence-corrected chi connectivity index (χ4v) is 2.18. The largest absolute Gasteiger partial charge is 0.461 e. The number of hydrogen-bond acceptors (Lipinski definition) is 5. The van der Waals surface area contributed by atoms with E-state index in [1.807, 2.05) is 0 Å². The first-order valence-electron chi connectivity index (χ1n) is 6.38. The number of carbonyl (C=O) groups excluding carboxylic acids is 2. The van der Waals surface area contributed by atoms with Gasteiger partial charge < -0.3 is 15.8 Å². The summed E-state index contributed by atoms with van der Waals surface area (Å²) in [5.74, 6) is -0.795. The van der Waals surface area contributed by atoms with Crippen LogP contribution in [0.15, 0.2) is 0 Å². The van der Waals surface area contributed by atoms with Crippen LogP contribution in [0, 0.1) is 0 Å². The summed E-state index contributed by atoms with van der Waals surface area (Å²) in [6, 6.07) is 0. The Morgan fingerprint density at radius 1 is 1.53 bits per heavy atom. The Labute approximate surface area is 111 Å². The number of nitrogens with zero attached hydrogens (tertiary/aromatic N) is 2. The number of hydrogen-bond donors (Lipinski definition) is 2. The molecule has 2 heterocycles. The Kier molecular flexibility index (Phi) is 4.16. The van der Waals surface area contributed by atoms with Crippen LogP contribution in [-0.4, -0.2) is 34.8 Å². The summed E-state index contributed by atoms with van der Waals surface area (Å²) in [5, 5.41) is 7.48. The molecule has 7 heteroatoms. The van der Waals surface area contributed by atoms with Crippen molar-refractivity contribution in [2.45, 2.75) is 32.9 Å². The number of aromatic nitrogens is 2. The first kappa shape index (κ1) is 13.5. The second-order valence-electron chi connectivity index (χ2n) is 4.36. The molecule has 1 aliphatic rings. The molecule has 0 fully saturated rings. The van der Waals surface area contributed by atoms with E-state index in [4.69, 9.17) is 10.5 Å². The molecular weight excluding hydrogens is 248 g/mol. The lowest BCUT2D eigenvalue weighted by atomic mass is 10.1. The van der Waals surface area contributed by atoms with Gasteiger partial charge in [-0.2, -0.15) is 5.10 Å². The number of nitrogens with two attached hydrogens (primary N) is 1. The summed E-state index contributed by atoms with van der Waals surface area (Å²) in [6.45, 7) is 3.90. The molecule has 0 aromatic carbocycles. The van der Waals surface area contributed by atoms with Crippen molar-refractivity contribution >= 4 is 11.9 Å². The van der Waals surface area contributed by atoms with Gasteiger partial charge in [-0.3, -0.25) is 9.48 Å². The van der Waals surface area contributed by atoms with Gasteiger partial charge in [-0.15, -0.1) is 0 Å². The van der Waals surface area contributed by atoms with Gasteiger partial charge in [0.05, 0.1) is 6.61 Å². The number of amides is 1. The number of ether oxygens (including phenoxy) is 1. The highest BCUT2D eigenvalue weighted by atomic mass is 16.5. The quantitative estimate of drug-likeness (QED) is 0.705. The van der Waals surface area contributed by atoms with Crippen LogP contribution in [0.1, 0.15) is 35.1 Å². The van der Waals surface area contributed by atoms with Crippen LogP contribution >= 0.6 is 0 Å². The SMILES string of the molecule is CCOC(=O)c1nn(CCC(N)=O)c2c1CNCC2. The summed E-state index contributed by atoms with van der Waals surface area (Å²) in [5.41, 5.74) is 7.35. The van der Waals surface area contributed by atoms with E-state index in [2.05, 4.69) is 10.4 Å². The highest BCUT2D eigenvalue weighted by Crippen LogP contribution is 2.19. The number of primary amides is 1. The predicted molar refractivity (Wildman–Crippen MR) is 67.4 cm³/mol. The lowest BCUT2D eigenvalue weighted by Crippen LogP contribution is -2.26. The Morgan fingerprint density at radius 3 is 3.00 bits per heavy atom. The van der Waals surface area contributed by atoms with Crippen molar-refractivity contribution in [1.29, 1.82) is 0 Å². The standard InChI is InChI=1S/C12H18N4O3/c1-2-19-12(18)11-8-7-14-5-3-9(8)16(15-11)6-4-10(13)17/h14H,2-7H2,1H3,(H2,13,17). The molecule has 0 bridgehead atoms. The molecule has 19 heavy (non-hydrogen) atoms. The van der Waals surface area contributed by atoms with Gasteiger partial charge in [0.15, 0.2) is 5.69 Å². The maximum absolute atomic E-state index is 11.9. The van der Waals surface area contributed by atoms with Crippen molar-refractivity contribution in [3.05, 3.63) is 17.0 Å². The number of aryl methyl sites for hydroxylation is 1. The summed E-state index contributed by atoms with van der Waals surface area (Å²) < 4.78 is 6.70. The van der Waals surface area contributed by atoms with Crippen molar-refractivity contribution in [3.8, 4) is 0 Å². The summed E-state index contributed by atoms with van der Waals surface area (Å²) in [4.78, 5) is 22.7. The minimum absolute atomic E-state index is 0.212. The Bertz CT molecular complexity index is 495. The van der Waals surface area contributed by atoms with E-state index in [1.165, 1.54) is 0 Å². The van der Waals surface area contributed by atoms with Crippen molar-refractivity contribution < 1.29 is 14.3 Å². The third-order valence-electron chi connectivity index (χ3n) is 3.05. The molecule has 0 spiro atoms. The zero-order chi connectivity index (χ0) is 13.8. The zero-order valence-electron chi connectivity index (χ0n) is 10.9. The molecule has 0 saturated carbocycles. The molecule has 3 N–H and O–H groups in total. The molecule has 1 amide bonds. The number of rotatable bonds is 5. The van der Waals surface area contributed by atoms with Gasteiger partial charge in [-0.05, 0) is 6.92 Å². The van der Waals surface area contributed by atoms with Gasteiger partial charge in [0.2, 0.25) is 5.91 Å². The number of carbonyl (C=O) groups is 2. The van der Waals surface area contributed by atoms with Crippen molar-refractivity contribution in [2.24, 2.45) is 5.73 Å². The maximum Gasteiger partial charge on any atom is 0.359 e. The lowest BCUT2D eigenvalue weighted by Gasteiger charge is -2.15. The monoisotopic (exact) mass is 266 g/mol. The molecular formula is C12H18N4O3. The molecule has 0 saturated heterocycles. The number of fused-ring (bicyclic) bond motifs is 1. The van der Waals surface area contributed by atoms with E-state index in [1.54, 1.807) is 11.6 Å². The number of nitrogens with one attached hydrogen (secondary N) is 1. The first-order chi connectivity index (χ1) is 9.13. The maximum atomic E-state index is 11.9. The minimum Gasteiger partial charge on any atom is -0.461 e. The van der Waals surface area contributed by atoms with Crippen LogP contribution in [-0.2, 0) is 29.0 Å². The molecule has 1 aromatic rings. The minimum atomic E-state index is -0.416. The summed E-state index contributed by atoms with van der Waals surface area (Å²) in [6.07, 6.45) is 0.990. The normalized spacial score (nSPS) is 13.9. The van der Waals surface area contributed by atoms with E-state index in [-0.39, 0.29) is 12.3 Å².